The Labute approximate surface area is 112 Å². The second-order valence-electron chi connectivity index (χ2n) is 3.90. The summed E-state index contributed by atoms with van der Waals surface area (Å²) in [5, 5.41) is 31.5. The molecule has 8 nitrogen and oxygen atoms in total. The number of methoxy groups -OCH3 is 1. The topological polar surface area (TPSA) is 122 Å². The molecule has 0 saturated heterocycles. The maximum absolute atomic E-state index is 13.4. The van der Waals surface area contributed by atoms with Gasteiger partial charge in [0, 0.05) is 13.7 Å². The van der Waals surface area contributed by atoms with Gasteiger partial charge in [-0.25, -0.2) is 9.18 Å². The van der Waals surface area contributed by atoms with E-state index in [-0.39, 0.29) is 18.8 Å². The third-order valence-corrected chi connectivity index (χ3v) is 2.40. The van der Waals surface area contributed by atoms with E-state index in [4.69, 9.17) is 5.11 Å². The number of aliphatic hydroxyl groups excluding tert-OH is 1. The van der Waals surface area contributed by atoms with Crippen molar-refractivity contribution in [1.82, 2.24) is 0 Å². The smallest absolute Gasteiger partial charge is 0.338 e. The molecule has 1 atom stereocenters. The molecule has 1 aromatic carbocycles. The molecule has 0 fully saturated rings. The Bertz CT molecular complexity index is 522. The van der Waals surface area contributed by atoms with Crippen LogP contribution < -0.4 is 5.32 Å². The molecule has 0 aliphatic heterocycles. The van der Waals surface area contributed by atoms with E-state index in [1.807, 2.05) is 0 Å². The number of rotatable bonds is 7. The van der Waals surface area contributed by atoms with Gasteiger partial charge in [0.15, 0.2) is 0 Å². The molecule has 1 rings (SSSR count). The van der Waals surface area contributed by atoms with Crippen molar-refractivity contribution in [3.8, 4) is 0 Å². The van der Waals surface area contributed by atoms with Crippen molar-refractivity contribution in [3.63, 3.8) is 0 Å². The Balaban J connectivity index is 3.05. The van der Waals surface area contributed by atoms with E-state index in [9.17, 15) is 24.4 Å². The van der Waals surface area contributed by atoms with Crippen LogP contribution in [0.15, 0.2) is 12.1 Å². The lowest BCUT2D eigenvalue weighted by molar-refractivity contribution is -0.384. The zero-order valence-electron chi connectivity index (χ0n) is 10.5. The first kappa shape index (κ1) is 15.8. The number of nitro groups is 1. The number of hydrogen-bond donors (Lipinski definition) is 3. The summed E-state index contributed by atoms with van der Waals surface area (Å²) in [6.07, 6.45) is -0.946. The van der Waals surface area contributed by atoms with Crippen molar-refractivity contribution in [2.45, 2.75) is 6.10 Å². The zero-order chi connectivity index (χ0) is 15.3. The molecule has 0 bridgehead atoms. The van der Waals surface area contributed by atoms with Gasteiger partial charge in [-0.05, 0) is 6.07 Å². The van der Waals surface area contributed by atoms with Gasteiger partial charge in [-0.3, -0.25) is 10.1 Å². The number of anilines is 1. The van der Waals surface area contributed by atoms with Crippen LogP contribution in [0.5, 0.6) is 0 Å². The Morgan fingerprint density at radius 2 is 2.25 bits per heavy atom. The molecular formula is C11H13FN2O6. The molecule has 1 aromatic rings. The molecular weight excluding hydrogens is 275 g/mol. The summed E-state index contributed by atoms with van der Waals surface area (Å²) in [5.41, 5.74) is -1.50. The summed E-state index contributed by atoms with van der Waals surface area (Å²) in [7, 11) is 1.37. The molecule has 0 heterocycles. The molecule has 3 N–H and O–H groups in total. The molecule has 0 radical (unpaired) electrons. The molecule has 9 heteroatoms. The van der Waals surface area contributed by atoms with Gasteiger partial charge < -0.3 is 20.3 Å². The lowest BCUT2D eigenvalue weighted by Gasteiger charge is -2.12. The second kappa shape index (κ2) is 6.78. The van der Waals surface area contributed by atoms with Crippen molar-refractivity contribution >= 4 is 17.3 Å². The Kier molecular flexibility index (Phi) is 5.35. The highest BCUT2D eigenvalue weighted by Gasteiger charge is 2.21. The van der Waals surface area contributed by atoms with Crippen LogP contribution in [0.25, 0.3) is 0 Å². The van der Waals surface area contributed by atoms with Crippen LogP contribution >= 0.6 is 0 Å². The van der Waals surface area contributed by atoms with Crippen molar-refractivity contribution in [2.24, 2.45) is 0 Å². The van der Waals surface area contributed by atoms with E-state index >= 15 is 0 Å². The molecule has 0 aliphatic rings. The summed E-state index contributed by atoms with van der Waals surface area (Å²) < 4.78 is 18.1. The lowest BCUT2D eigenvalue weighted by atomic mass is 10.1. The third kappa shape index (κ3) is 3.87. The largest absolute Gasteiger partial charge is 0.478 e. The monoisotopic (exact) mass is 288 g/mol. The maximum atomic E-state index is 13.4. The highest BCUT2D eigenvalue weighted by Crippen LogP contribution is 2.27. The Hall–Kier alpha value is -2.26. The molecule has 1 unspecified atom stereocenters. The fourth-order valence-electron chi connectivity index (χ4n) is 1.50. The van der Waals surface area contributed by atoms with E-state index in [1.165, 1.54) is 7.11 Å². The Morgan fingerprint density at radius 3 is 2.75 bits per heavy atom. The molecule has 0 amide bonds. The van der Waals surface area contributed by atoms with Gasteiger partial charge in [0.05, 0.1) is 29.3 Å². The lowest BCUT2D eigenvalue weighted by Crippen LogP contribution is -2.24. The van der Waals surface area contributed by atoms with E-state index in [1.54, 1.807) is 0 Å². The summed E-state index contributed by atoms with van der Waals surface area (Å²) in [6, 6.07) is 1.34. The number of nitrogens with zero attached hydrogens (tertiary/aromatic N) is 1. The van der Waals surface area contributed by atoms with E-state index in [2.05, 4.69) is 10.1 Å². The van der Waals surface area contributed by atoms with Crippen LogP contribution in [0.1, 0.15) is 10.4 Å². The maximum Gasteiger partial charge on any atom is 0.338 e. The highest BCUT2D eigenvalue weighted by molar-refractivity contribution is 5.90. The van der Waals surface area contributed by atoms with Gasteiger partial charge in [-0.15, -0.1) is 0 Å². The SMILES string of the molecule is COCC(O)CNc1cc(C(=O)O)c(F)cc1[N+](=O)[O-]. The normalized spacial score (nSPS) is 11.9. The minimum Gasteiger partial charge on any atom is -0.478 e. The number of hydrogen-bond acceptors (Lipinski definition) is 6. The number of halogens is 1. The van der Waals surface area contributed by atoms with Crippen molar-refractivity contribution in [2.75, 3.05) is 25.6 Å². The fraction of sp³-hybridized carbons (Fsp3) is 0.364. The predicted molar refractivity (Wildman–Crippen MR) is 66.4 cm³/mol. The van der Waals surface area contributed by atoms with E-state index in [0.717, 1.165) is 6.07 Å². The summed E-state index contributed by atoms with van der Waals surface area (Å²) in [5.74, 6) is -2.75. The van der Waals surface area contributed by atoms with Crippen LogP contribution in [0.3, 0.4) is 0 Å². The summed E-state index contributed by atoms with van der Waals surface area (Å²) >= 11 is 0. The standard InChI is InChI=1S/C11H13FN2O6/c1-20-5-6(15)4-13-9-2-7(11(16)17)8(12)3-10(9)14(18)19/h2-3,6,13,15H,4-5H2,1H3,(H,16,17). The van der Waals surface area contributed by atoms with E-state index in [0.29, 0.717) is 6.07 Å². The number of carboxylic acids is 1. The number of carbonyl (C=O) groups is 1. The van der Waals surface area contributed by atoms with Gasteiger partial charge in [0.2, 0.25) is 0 Å². The van der Waals surface area contributed by atoms with Gasteiger partial charge in [0.25, 0.3) is 5.69 Å². The first-order valence-corrected chi connectivity index (χ1v) is 5.49. The van der Waals surface area contributed by atoms with Crippen LogP contribution in [-0.2, 0) is 4.74 Å². The van der Waals surface area contributed by atoms with Gasteiger partial charge in [0.1, 0.15) is 11.5 Å². The fourth-order valence-corrected chi connectivity index (χ4v) is 1.50. The second-order valence-corrected chi connectivity index (χ2v) is 3.90. The van der Waals surface area contributed by atoms with Crippen molar-refractivity contribution < 1.29 is 29.1 Å². The average molecular weight is 288 g/mol. The summed E-state index contributed by atoms with van der Waals surface area (Å²) in [4.78, 5) is 20.7. The predicted octanol–water partition coefficient (Wildman–Crippen LogP) is 0.851. The molecule has 0 spiro atoms. The van der Waals surface area contributed by atoms with Gasteiger partial charge in [-0.2, -0.15) is 0 Å². The minimum atomic E-state index is -1.54. The number of aromatic carboxylic acids is 1. The quantitative estimate of drug-likeness (QED) is 0.502. The van der Waals surface area contributed by atoms with Crippen LogP contribution in [0.2, 0.25) is 0 Å². The van der Waals surface area contributed by atoms with Crippen molar-refractivity contribution in [3.05, 3.63) is 33.6 Å². The number of carboxylic acid groups (broad SMARTS) is 1. The van der Waals surface area contributed by atoms with Crippen LogP contribution in [-0.4, -0.2) is 47.5 Å². The Morgan fingerprint density at radius 1 is 1.60 bits per heavy atom. The number of nitrogens with one attached hydrogen (secondary N) is 1. The van der Waals surface area contributed by atoms with Crippen LogP contribution in [0, 0.1) is 15.9 Å². The van der Waals surface area contributed by atoms with Crippen molar-refractivity contribution in [1.29, 1.82) is 0 Å². The van der Waals surface area contributed by atoms with Crippen LogP contribution in [0.4, 0.5) is 15.8 Å². The van der Waals surface area contributed by atoms with Gasteiger partial charge >= 0.3 is 5.97 Å². The molecule has 110 valence electrons. The first-order valence-electron chi connectivity index (χ1n) is 5.49. The van der Waals surface area contributed by atoms with E-state index < -0.39 is 34.1 Å². The third-order valence-electron chi connectivity index (χ3n) is 2.40. The zero-order valence-corrected chi connectivity index (χ0v) is 10.5. The molecule has 0 saturated carbocycles. The van der Waals surface area contributed by atoms with Gasteiger partial charge in [-0.1, -0.05) is 0 Å². The summed E-state index contributed by atoms with van der Waals surface area (Å²) in [6.45, 7) is -0.118. The molecule has 20 heavy (non-hydrogen) atoms. The number of aliphatic hydroxyl groups is 1. The number of benzene rings is 1. The molecule has 0 aliphatic carbocycles. The average Bonchev–Trinajstić information content (AvgIpc) is 2.36. The molecule has 0 aromatic heterocycles. The first-order chi connectivity index (χ1) is 9.36. The number of ether oxygens (including phenoxy) is 1. The minimum absolute atomic E-state index is 0.00617. The highest BCUT2D eigenvalue weighted by atomic mass is 19.1. The number of nitro benzene ring substituents is 1.